The predicted octanol–water partition coefficient (Wildman–Crippen LogP) is 3.13. The molecule has 0 spiro atoms. The molecule has 2 heterocycles. The van der Waals surface area contributed by atoms with Gasteiger partial charge in [0, 0.05) is 30.7 Å². The molecule has 1 aliphatic carbocycles. The molecule has 0 aliphatic heterocycles. The highest BCUT2D eigenvalue weighted by atomic mass is 15.1. The molecule has 1 fully saturated rings. The van der Waals surface area contributed by atoms with Crippen LogP contribution < -0.4 is 5.32 Å². The largest absolute Gasteiger partial charge is 0.348 e. The Morgan fingerprint density at radius 3 is 3.00 bits per heavy atom. The maximum absolute atomic E-state index is 4.30. The molecule has 108 valence electrons. The van der Waals surface area contributed by atoms with Crippen molar-refractivity contribution in [1.29, 1.82) is 0 Å². The SMILES string of the molecule is CCCC(NC)c1ccn(Cc2cncn2C2CC2)c1. The van der Waals surface area contributed by atoms with Crippen molar-refractivity contribution in [3.8, 4) is 0 Å². The normalized spacial score (nSPS) is 16.5. The van der Waals surface area contributed by atoms with Crippen molar-refractivity contribution < 1.29 is 0 Å². The fraction of sp³-hybridized carbons (Fsp3) is 0.562. The summed E-state index contributed by atoms with van der Waals surface area (Å²) in [6.07, 6.45) is 13.4. The summed E-state index contributed by atoms with van der Waals surface area (Å²) in [6, 6.07) is 3.40. The topological polar surface area (TPSA) is 34.8 Å². The van der Waals surface area contributed by atoms with E-state index in [0.29, 0.717) is 12.1 Å². The van der Waals surface area contributed by atoms with Crippen LogP contribution in [0.2, 0.25) is 0 Å². The number of hydrogen-bond acceptors (Lipinski definition) is 2. The van der Waals surface area contributed by atoms with E-state index >= 15 is 0 Å². The van der Waals surface area contributed by atoms with Crippen LogP contribution in [-0.2, 0) is 6.54 Å². The van der Waals surface area contributed by atoms with Crippen molar-refractivity contribution in [2.45, 2.75) is 51.2 Å². The third-order valence-electron chi connectivity index (χ3n) is 4.13. The van der Waals surface area contributed by atoms with Crippen LogP contribution in [0.15, 0.2) is 31.0 Å². The maximum Gasteiger partial charge on any atom is 0.0951 e. The molecule has 3 rings (SSSR count). The van der Waals surface area contributed by atoms with Gasteiger partial charge in [0.2, 0.25) is 0 Å². The summed E-state index contributed by atoms with van der Waals surface area (Å²) < 4.78 is 4.60. The van der Waals surface area contributed by atoms with Gasteiger partial charge in [-0.3, -0.25) is 0 Å². The Morgan fingerprint density at radius 1 is 1.45 bits per heavy atom. The molecule has 0 bridgehead atoms. The van der Waals surface area contributed by atoms with Gasteiger partial charge in [-0.05, 0) is 37.9 Å². The standard InChI is InChI=1S/C16H24N4/c1-3-4-16(17-2)13-7-8-19(10-13)11-15-9-18-12-20(15)14-5-6-14/h7-10,12,14,16-17H,3-6,11H2,1-2H3. The molecule has 4 nitrogen and oxygen atoms in total. The first-order valence-electron chi connectivity index (χ1n) is 7.65. The minimum absolute atomic E-state index is 0.467. The van der Waals surface area contributed by atoms with Crippen molar-refractivity contribution >= 4 is 0 Å². The summed E-state index contributed by atoms with van der Waals surface area (Å²) in [5.74, 6) is 0. The minimum atomic E-state index is 0.467. The second-order valence-corrected chi connectivity index (χ2v) is 5.77. The van der Waals surface area contributed by atoms with E-state index in [2.05, 4.69) is 44.8 Å². The number of nitrogens with one attached hydrogen (secondary N) is 1. The minimum Gasteiger partial charge on any atom is -0.348 e. The fourth-order valence-corrected chi connectivity index (χ4v) is 2.85. The fourth-order valence-electron chi connectivity index (χ4n) is 2.85. The van der Waals surface area contributed by atoms with Gasteiger partial charge in [0.25, 0.3) is 0 Å². The molecule has 20 heavy (non-hydrogen) atoms. The lowest BCUT2D eigenvalue weighted by atomic mass is 10.1. The molecule has 1 saturated carbocycles. The zero-order valence-corrected chi connectivity index (χ0v) is 12.4. The zero-order valence-electron chi connectivity index (χ0n) is 12.4. The van der Waals surface area contributed by atoms with E-state index in [0.717, 1.165) is 6.54 Å². The lowest BCUT2D eigenvalue weighted by Gasteiger charge is -2.13. The number of imidazole rings is 1. The molecule has 0 amide bonds. The van der Waals surface area contributed by atoms with Gasteiger partial charge >= 0.3 is 0 Å². The van der Waals surface area contributed by atoms with Crippen LogP contribution in [0.5, 0.6) is 0 Å². The molecule has 1 unspecified atom stereocenters. The number of nitrogens with zero attached hydrogens (tertiary/aromatic N) is 3. The molecule has 2 aromatic rings. The third kappa shape index (κ3) is 2.80. The van der Waals surface area contributed by atoms with Crippen molar-refractivity contribution in [2.24, 2.45) is 0 Å². The second kappa shape index (κ2) is 5.83. The molecule has 1 aliphatic rings. The number of rotatable bonds is 7. The van der Waals surface area contributed by atoms with Crippen LogP contribution >= 0.6 is 0 Å². The first kappa shape index (κ1) is 13.4. The highest BCUT2D eigenvalue weighted by molar-refractivity contribution is 5.17. The van der Waals surface area contributed by atoms with Crippen LogP contribution in [-0.4, -0.2) is 21.2 Å². The van der Waals surface area contributed by atoms with E-state index in [1.807, 2.05) is 19.6 Å². The van der Waals surface area contributed by atoms with Crippen LogP contribution in [0.25, 0.3) is 0 Å². The summed E-state index contributed by atoms with van der Waals surface area (Å²) in [5, 5.41) is 3.40. The van der Waals surface area contributed by atoms with E-state index in [1.165, 1.54) is 36.9 Å². The van der Waals surface area contributed by atoms with Gasteiger partial charge in [-0.2, -0.15) is 0 Å². The smallest absolute Gasteiger partial charge is 0.0951 e. The Hall–Kier alpha value is -1.55. The van der Waals surface area contributed by atoms with Gasteiger partial charge in [-0.25, -0.2) is 4.98 Å². The van der Waals surface area contributed by atoms with E-state index < -0.39 is 0 Å². The average Bonchev–Trinajstić information content (AvgIpc) is 3.02. The van der Waals surface area contributed by atoms with E-state index in [-0.39, 0.29) is 0 Å². The van der Waals surface area contributed by atoms with Crippen LogP contribution in [0.1, 0.15) is 55.9 Å². The van der Waals surface area contributed by atoms with Gasteiger partial charge < -0.3 is 14.5 Å². The highest BCUT2D eigenvalue weighted by Crippen LogP contribution is 2.35. The second-order valence-electron chi connectivity index (χ2n) is 5.77. The number of hydrogen-bond donors (Lipinski definition) is 1. The van der Waals surface area contributed by atoms with Crippen molar-refractivity contribution in [3.63, 3.8) is 0 Å². The summed E-state index contributed by atoms with van der Waals surface area (Å²) in [7, 11) is 2.04. The van der Waals surface area contributed by atoms with Crippen LogP contribution in [0, 0.1) is 0 Å². The molecule has 4 heteroatoms. The number of aromatic nitrogens is 3. The van der Waals surface area contributed by atoms with Crippen molar-refractivity contribution in [1.82, 2.24) is 19.4 Å². The molecule has 1 atom stereocenters. The predicted molar refractivity (Wildman–Crippen MR) is 80.7 cm³/mol. The molecule has 0 aromatic carbocycles. The Balaban J connectivity index is 1.71. The Bertz CT molecular complexity index is 550. The summed E-state index contributed by atoms with van der Waals surface area (Å²) >= 11 is 0. The third-order valence-corrected chi connectivity index (χ3v) is 4.13. The Labute approximate surface area is 120 Å². The van der Waals surface area contributed by atoms with Crippen molar-refractivity contribution in [2.75, 3.05) is 7.05 Å². The van der Waals surface area contributed by atoms with Crippen LogP contribution in [0.3, 0.4) is 0 Å². The van der Waals surface area contributed by atoms with Gasteiger partial charge in [0.1, 0.15) is 0 Å². The lowest BCUT2D eigenvalue weighted by Crippen LogP contribution is -2.15. The van der Waals surface area contributed by atoms with Gasteiger partial charge in [0.15, 0.2) is 0 Å². The quantitative estimate of drug-likeness (QED) is 0.840. The molecular formula is C16H24N4. The Morgan fingerprint density at radius 2 is 2.30 bits per heavy atom. The first-order valence-corrected chi connectivity index (χ1v) is 7.65. The maximum atomic E-state index is 4.30. The lowest BCUT2D eigenvalue weighted by molar-refractivity contribution is 0.540. The highest BCUT2D eigenvalue weighted by Gasteiger charge is 2.25. The Kier molecular flexibility index (Phi) is 3.92. The van der Waals surface area contributed by atoms with Crippen LogP contribution in [0.4, 0.5) is 0 Å². The molecule has 0 radical (unpaired) electrons. The van der Waals surface area contributed by atoms with E-state index in [1.54, 1.807) is 0 Å². The summed E-state index contributed by atoms with van der Waals surface area (Å²) in [5.41, 5.74) is 2.69. The zero-order chi connectivity index (χ0) is 13.9. The van der Waals surface area contributed by atoms with Gasteiger partial charge in [-0.15, -0.1) is 0 Å². The van der Waals surface area contributed by atoms with E-state index in [9.17, 15) is 0 Å². The monoisotopic (exact) mass is 272 g/mol. The van der Waals surface area contributed by atoms with E-state index in [4.69, 9.17) is 0 Å². The summed E-state index contributed by atoms with van der Waals surface area (Å²) in [6.45, 7) is 3.15. The molecular weight excluding hydrogens is 248 g/mol. The average molecular weight is 272 g/mol. The van der Waals surface area contributed by atoms with Crippen molar-refractivity contribution in [3.05, 3.63) is 42.2 Å². The van der Waals surface area contributed by atoms with Gasteiger partial charge in [0.05, 0.1) is 18.6 Å². The molecule has 1 N–H and O–H groups in total. The molecule has 0 saturated heterocycles. The first-order chi connectivity index (χ1) is 9.81. The van der Waals surface area contributed by atoms with Gasteiger partial charge in [-0.1, -0.05) is 13.3 Å². The molecule has 2 aromatic heterocycles. The summed E-state index contributed by atoms with van der Waals surface area (Å²) in [4.78, 5) is 4.30.